The van der Waals surface area contributed by atoms with Gasteiger partial charge in [-0.3, -0.25) is 0 Å². The maximum Gasteiger partial charge on any atom is 0.338 e. The first-order chi connectivity index (χ1) is 7.50. The second-order valence-electron chi connectivity index (χ2n) is 4.11. The molecular weight excluding hydrogens is 216 g/mol. The van der Waals surface area contributed by atoms with E-state index in [1.807, 2.05) is 0 Å². The molecule has 0 atom stereocenters. The predicted octanol–water partition coefficient (Wildman–Crippen LogP) is 1.65. The van der Waals surface area contributed by atoms with Crippen LogP contribution in [0.5, 0.6) is 0 Å². The number of carboxylic acids is 1. The van der Waals surface area contributed by atoms with Gasteiger partial charge in [0.2, 0.25) is 0 Å². The van der Waals surface area contributed by atoms with Gasteiger partial charge in [-0.2, -0.15) is 0 Å². The van der Waals surface area contributed by atoms with Gasteiger partial charge in [-0.15, -0.1) is 0 Å². The maximum absolute atomic E-state index is 13.2. The number of aromatic carboxylic acids is 1. The van der Waals surface area contributed by atoms with E-state index in [4.69, 9.17) is 10.8 Å². The molecule has 1 fully saturated rings. The van der Waals surface area contributed by atoms with Crippen molar-refractivity contribution >= 4 is 5.97 Å². The Labute approximate surface area is 90.9 Å². The summed E-state index contributed by atoms with van der Waals surface area (Å²) in [4.78, 5) is 10.7. The van der Waals surface area contributed by atoms with Crippen LogP contribution >= 0.6 is 0 Å². The normalized spacial score (nSPS) is 17.2. The van der Waals surface area contributed by atoms with Crippen LogP contribution in [0.15, 0.2) is 12.1 Å². The van der Waals surface area contributed by atoms with Gasteiger partial charge in [-0.25, -0.2) is 13.6 Å². The summed E-state index contributed by atoms with van der Waals surface area (Å²) in [5, 5.41) is 8.74. The molecule has 0 bridgehead atoms. The summed E-state index contributed by atoms with van der Waals surface area (Å²) < 4.78 is 26.4. The molecule has 1 aromatic rings. The highest BCUT2D eigenvalue weighted by Gasteiger charge is 2.43. The zero-order valence-corrected chi connectivity index (χ0v) is 8.46. The highest BCUT2D eigenvalue weighted by Crippen LogP contribution is 2.47. The van der Waals surface area contributed by atoms with Gasteiger partial charge in [-0.05, 0) is 30.5 Å². The van der Waals surface area contributed by atoms with Crippen LogP contribution in [0.1, 0.15) is 28.8 Å². The Morgan fingerprint density at radius 2 is 2.06 bits per heavy atom. The molecule has 5 heteroatoms. The molecule has 0 radical (unpaired) electrons. The number of nitrogens with two attached hydrogens (primary N) is 1. The average Bonchev–Trinajstić information content (AvgIpc) is 3.02. The van der Waals surface area contributed by atoms with Crippen LogP contribution in [-0.2, 0) is 5.41 Å². The van der Waals surface area contributed by atoms with Crippen molar-refractivity contribution < 1.29 is 18.7 Å². The number of halogens is 2. The second kappa shape index (κ2) is 3.52. The molecule has 3 nitrogen and oxygen atoms in total. The second-order valence-corrected chi connectivity index (χ2v) is 4.11. The molecule has 0 saturated heterocycles. The highest BCUT2D eigenvalue weighted by atomic mass is 19.2. The molecule has 0 aromatic heterocycles. The molecule has 1 saturated carbocycles. The lowest BCUT2D eigenvalue weighted by atomic mass is 9.94. The number of rotatable bonds is 3. The van der Waals surface area contributed by atoms with E-state index in [-0.39, 0.29) is 5.41 Å². The molecule has 1 aliphatic rings. The van der Waals surface area contributed by atoms with Gasteiger partial charge in [-0.1, -0.05) is 0 Å². The van der Waals surface area contributed by atoms with Gasteiger partial charge in [0.25, 0.3) is 0 Å². The fourth-order valence-electron chi connectivity index (χ4n) is 1.81. The monoisotopic (exact) mass is 227 g/mol. The zero-order valence-electron chi connectivity index (χ0n) is 8.46. The van der Waals surface area contributed by atoms with Crippen LogP contribution in [-0.4, -0.2) is 17.6 Å². The summed E-state index contributed by atoms with van der Waals surface area (Å²) in [7, 11) is 0. The van der Waals surface area contributed by atoms with E-state index >= 15 is 0 Å². The van der Waals surface area contributed by atoms with Crippen molar-refractivity contribution in [3.05, 3.63) is 34.9 Å². The number of benzene rings is 1. The predicted molar refractivity (Wildman–Crippen MR) is 53.3 cm³/mol. The van der Waals surface area contributed by atoms with E-state index in [0.717, 1.165) is 18.9 Å². The van der Waals surface area contributed by atoms with Crippen molar-refractivity contribution in [1.82, 2.24) is 0 Å². The summed E-state index contributed by atoms with van der Waals surface area (Å²) in [5.41, 5.74) is 5.05. The van der Waals surface area contributed by atoms with Gasteiger partial charge in [0, 0.05) is 12.0 Å². The fraction of sp³-hybridized carbons (Fsp3) is 0.364. The van der Waals surface area contributed by atoms with Crippen LogP contribution in [0.2, 0.25) is 0 Å². The van der Waals surface area contributed by atoms with Crippen molar-refractivity contribution in [2.75, 3.05) is 6.54 Å². The molecule has 0 aliphatic heterocycles. The van der Waals surface area contributed by atoms with Gasteiger partial charge in [0.15, 0.2) is 11.6 Å². The lowest BCUT2D eigenvalue weighted by molar-refractivity contribution is 0.0690. The molecule has 0 amide bonds. The number of carboxylic acid groups (broad SMARTS) is 1. The first kappa shape index (κ1) is 11.0. The topological polar surface area (TPSA) is 63.3 Å². The Hall–Kier alpha value is -1.49. The quantitative estimate of drug-likeness (QED) is 0.825. The molecule has 86 valence electrons. The lowest BCUT2D eigenvalue weighted by Crippen LogP contribution is -2.21. The minimum atomic E-state index is -1.47. The maximum atomic E-state index is 13.2. The minimum Gasteiger partial charge on any atom is -0.478 e. The largest absolute Gasteiger partial charge is 0.478 e. The van der Waals surface area contributed by atoms with Crippen molar-refractivity contribution in [3.8, 4) is 0 Å². The van der Waals surface area contributed by atoms with E-state index in [9.17, 15) is 13.6 Å². The molecular formula is C11H11F2NO2. The summed E-state index contributed by atoms with van der Waals surface area (Å²) >= 11 is 0. The van der Waals surface area contributed by atoms with Gasteiger partial charge in [0.1, 0.15) is 0 Å². The van der Waals surface area contributed by atoms with Crippen molar-refractivity contribution in [3.63, 3.8) is 0 Å². The fourth-order valence-corrected chi connectivity index (χ4v) is 1.81. The summed E-state index contributed by atoms with van der Waals surface area (Å²) in [6.45, 7) is 0.317. The number of carbonyl (C=O) groups is 1. The van der Waals surface area contributed by atoms with Crippen molar-refractivity contribution in [2.24, 2.45) is 5.73 Å². The van der Waals surface area contributed by atoms with E-state index in [2.05, 4.69) is 0 Å². The Morgan fingerprint density at radius 3 is 2.50 bits per heavy atom. The standard InChI is InChI=1S/C11H11F2NO2/c12-8-4-6(11(5-14)1-2-11)3-7(9(8)13)10(15)16/h3-4H,1-2,5,14H2,(H,15,16). The van der Waals surface area contributed by atoms with Gasteiger partial charge in [0.05, 0.1) is 5.56 Å². The Kier molecular flexibility index (Phi) is 2.42. The molecule has 0 unspecified atom stereocenters. The third-order valence-electron chi connectivity index (χ3n) is 3.12. The van der Waals surface area contributed by atoms with Crippen LogP contribution in [0.4, 0.5) is 8.78 Å². The Balaban J connectivity index is 2.53. The molecule has 3 N–H and O–H groups in total. The SMILES string of the molecule is NCC1(c2cc(F)c(F)c(C(=O)O)c2)CC1. The van der Waals surface area contributed by atoms with Gasteiger partial charge >= 0.3 is 5.97 Å². The van der Waals surface area contributed by atoms with Crippen molar-refractivity contribution in [1.29, 1.82) is 0 Å². The van der Waals surface area contributed by atoms with Crippen molar-refractivity contribution in [2.45, 2.75) is 18.3 Å². The van der Waals surface area contributed by atoms with E-state index in [0.29, 0.717) is 12.1 Å². The first-order valence-corrected chi connectivity index (χ1v) is 4.93. The van der Waals surface area contributed by atoms with Crippen LogP contribution in [0.3, 0.4) is 0 Å². The molecule has 16 heavy (non-hydrogen) atoms. The summed E-state index contributed by atoms with van der Waals surface area (Å²) in [6, 6.07) is 2.22. The van der Waals surface area contributed by atoms with Crippen LogP contribution < -0.4 is 5.73 Å². The summed E-state index contributed by atoms with van der Waals surface area (Å²) in [6.07, 6.45) is 1.57. The number of hydrogen-bond acceptors (Lipinski definition) is 2. The summed E-state index contributed by atoms with van der Waals surface area (Å²) in [5.74, 6) is -3.91. The van der Waals surface area contributed by atoms with Crippen LogP contribution in [0, 0.1) is 11.6 Å². The average molecular weight is 227 g/mol. The Morgan fingerprint density at radius 1 is 1.44 bits per heavy atom. The highest BCUT2D eigenvalue weighted by molar-refractivity contribution is 5.88. The van der Waals surface area contributed by atoms with E-state index < -0.39 is 23.2 Å². The zero-order chi connectivity index (χ0) is 11.9. The molecule has 2 rings (SSSR count). The molecule has 1 aliphatic carbocycles. The smallest absolute Gasteiger partial charge is 0.338 e. The van der Waals surface area contributed by atoms with E-state index in [1.165, 1.54) is 6.07 Å². The Bertz CT molecular complexity index is 456. The molecule has 1 aromatic carbocycles. The third-order valence-corrected chi connectivity index (χ3v) is 3.12. The van der Waals surface area contributed by atoms with E-state index in [1.54, 1.807) is 0 Å². The van der Waals surface area contributed by atoms with Gasteiger partial charge < -0.3 is 10.8 Å². The third kappa shape index (κ3) is 1.57. The first-order valence-electron chi connectivity index (χ1n) is 4.93. The molecule has 0 spiro atoms. The number of hydrogen-bond donors (Lipinski definition) is 2. The van der Waals surface area contributed by atoms with Crippen LogP contribution in [0.25, 0.3) is 0 Å². The lowest BCUT2D eigenvalue weighted by Gasteiger charge is -2.14. The molecule has 0 heterocycles. The minimum absolute atomic E-state index is 0.317.